The topological polar surface area (TPSA) is 9.23 Å². The van der Waals surface area contributed by atoms with E-state index in [1.807, 2.05) is 0 Å². The van der Waals surface area contributed by atoms with Crippen LogP contribution < -0.4 is 4.74 Å². The SMILES string of the molecule is BCc1ccc(C(C)(C)c2ccc(OCCCC)cc2)cc1. The molecule has 0 atom stereocenters. The van der Waals surface area contributed by atoms with Crippen molar-refractivity contribution < 1.29 is 4.74 Å². The van der Waals surface area contributed by atoms with Gasteiger partial charge in [0.15, 0.2) is 0 Å². The minimum atomic E-state index is 0.00815. The largest absolute Gasteiger partial charge is 0.494 e. The van der Waals surface area contributed by atoms with Crippen LogP contribution >= 0.6 is 0 Å². The highest BCUT2D eigenvalue weighted by Gasteiger charge is 2.22. The van der Waals surface area contributed by atoms with Gasteiger partial charge in [0.05, 0.1) is 6.61 Å². The monoisotopic (exact) mass is 294 g/mol. The molecule has 0 aliphatic carbocycles. The van der Waals surface area contributed by atoms with Crippen LogP contribution in [0, 0.1) is 0 Å². The standard InChI is InChI=1S/C20H27BO/c1-4-5-14-22-19-12-10-18(11-13-19)20(2,3)17-8-6-16(15-21)7-9-17/h6-13H,4-5,14-15,21H2,1-3H3. The summed E-state index contributed by atoms with van der Waals surface area (Å²) in [5.41, 5.74) is 4.07. The van der Waals surface area contributed by atoms with E-state index < -0.39 is 0 Å². The molecule has 0 aliphatic heterocycles. The summed E-state index contributed by atoms with van der Waals surface area (Å²) in [5, 5.41) is 0. The molecule has 0 aliphatic rings. The van der Waals surface area contributed by atoms with E-state index in [4.69, 9.17) is 4.74 Å². The molecule has 22 heavy (non-hydrogen) atoms. The summed E-state index contributed by atoms with van der Waals surface area (Å²) in [7, 11) is 2.19. The molecule has 116 valence electrons. The normalized spacial score (nSPS) is 11.4. The summed E-state index contributed by atoms with van der Waals surface area (Å²) in [6.07, 6.45) is 3.36. The van der Waals surface area contributed by atoms with Crippen LogP contribution in [0.25, 0.3) is 0 Å². The van der Waals surface area contributed by atoms with E-state index in [1.54, 1.807) is 0 Å². The predicted molar refractivity (Wildman–Crippen MR) is 97.7 cm³/mol. The Morgan fingerprint density at radius 3 is 1.95 bits per heavy atom. The van der Waals surface area contributed by atoms with Crippen LogP contribution in [0.2, 0.25) is 0 Å². The number of rotatable bonds is 7. The van der Waals surface area contributed by atoms with Crippen LogP contribution in [-0.4, -0.2) is 14.5 Å². The van der Waals surface area contributed by atoms with Gasteiger partial charge in [-0.2, -0.15) is 0 Å². The molecule has 0 unspecified atom stereocenters. The van der Waals surface area contributed by atoms with Crippen LogP contribution in [0.15, 0.2) is 48.5 Å². The first-order chi connectivity index (χ1) is 10.6. The molecule has 2 rings (SSSR count). The lowest BCUT2D eigenvalue weighted by molar-refractivity contribution is 0.309. The third-order valence-corrected chi connectivity index (χ3v) is 4.43. The Bertz CT molecular complexity index is 570. The van der Waals surface area contributed by atoms with Crippen LogP contribution in [0.1, 0.15) is 50.3 Å². The number of benzene rings is 2. The van der Waals surface area contributed by atoms with Crippen LogP contribution in [-0.2, 0) is 11.7 Å². The maximum atomic E-state index is 5.75. The van der Waals surface area contributed by atoms with Crippen LogP contribution in [0.4, 0.5) is 0 Å². The molecule has 1 nitrogen and oxygen atoms in total. The van der Waals surface area contributed by atoms with E-state index in [-0.39, 0.29) is 5.41 Å². The van der Waals surface area contributed by atoms with Crippen molar-refractivity contribution in [1.82, 2.24) is 0 Å². The summed E-state index contributed by atoms with van der Waals surface area (Å²) in [6.45, 7) is 7.54. The van der Waals surface area contributed by atoms with Crippen molar-refractivity contribution >= 4 is 7.85 Å². The van der Waals surface area contributed by atoms with Crippen molar-refractivity contribution in [2.75, 3.05) is 6.61 Å². The van der Waals surface area contributed by atoms with Gasteiger partial charge in [-0.1, -0.05) is 75.5 Å². The molecular weight excluding hydrogens is 267 g/mol. The number of hydrogen-bond donors (Lipinski definition) is 0. The fraction of sp³-hybridized carbons (Fsp3) is 0.400. The molecule has 2 aromatic carbocycles. The first-order valence-corrected chi connectivity index (χ1v) is 8.40. The van der Waals surface area contributed by atoms with E-state index in [0.717, 1.165) is 25.1 Å². The third kappa shape index (κ3) is 3.94. The third-order valence-electron chi connectivity index (χ3n) is 4.43. The summed E-state index contributed by atoms with van der Waals surface area (Å²) in [6, 6.07) is 17.5. The summed E-state index contributed by atoms with van der Waals surface area (Å²) >= 11 is 0. The molecule has 0 radical (unpaired) electrons. The van der Waals surface area contributed by atoms with Gasteiger partial charge in [-0.15, -0.1) is 0 Å². The molecule has 0 saturated heterocycles. The molecule has 0 spiro atoms. The second kappa shape index (κ2) is 7.53. The van der Waals surface area contributed by atoms with E-state index in [0.29, 0.717) is 0 Å². The molecule has 0 N–H and O–H groups in total. The fourth-order valence-electron chi connectivity index (χ4n) is 2.63. The van der Waals surface area contributed by atoms with Gasteiger partial charge in [-0.25, -0.2) is 0 Å². The van der Waals surface area contributed by atoms with Gasteiger partial charge in [0.2, 0.25) is 0 Å². The maximum Gasteiger partial charge on any atom is 0.119 e. The minimum Gasteiger partial charge on any atom is -0.494 e. The van der Waals surface area contributed by atoms with Gasteiger partial charge < -0.3 is 4.74 Å². The average molecular weight is 294 g/mol. The number of ether oxygens (including phenoxy) is 1. The van der Waals surface area contributed by atoms with Crippen LogP contribution in [0.3, 0.4) is 0 Å². The van der Waals surface area contributed by atoms with Crippen LogP contribution in [0.5, 0.6) is 5.75 Å². The Kier molecular flexibility index (Phi) is 5.71. The second-order valence-corrected chi connectivity index (χ2v) is 6.40. The first kappa shape index (κ1) is 16.7. The Balaban J connectivity index is 2.14. The quantitative estimate of drug-likeness (QED) is 0.545. The van der Waals surface area contributed by atoms with Crippen molar-refractivity contribution in [2.45, 2.75) is 45.3 Å². The van der Waals surface area contributed by atoms with E-state index in [2.05, 4.69) is 77.1 Å². The zero-order chi connectivity index (χ0) is 16.0. The predicted octanol–water partition coefficient (Wildman–Crippen LogP) is 4.32. The molecule has 2 heteroatoms. The lowest BCUT2D eigenvalue weighted by atomic mass is 9.77. The molecule has 0 saturated carbocycles. The summed E-state index contributed by atoms with van der Waals surface area (Å²) < 4.78 is 5.75. The molecular formula is C20H27BO. The summed E-state index contributed by atoms with van der Waals surface area (Å²) in [4.78, 5) is 0. The number of hydrogen-bond acceptors (Lipinski definition) is 1. The van der Waals surface area contributed by atoms with Gasteiger partial charge >= 0.3 is 0 Å². The van der Waals surface area contributed by atoms with Gasteiger partial charge in [-0.3, -0.25) is 0 Å². The second-order valence-electron chi connectivity index (χ2n) is 6.40. The molecule has 2 aromatic rings. The van der Waals surface area contributed by atoms with Crippen molar-refractivity contribution in [1.29, 1.82) is 0 Å². The molecule has 0 bridgehead atoms. The van der Waals surface area contributed by atoms with E-state index in [9.17, 15) is 0 Å². The van der Waals surface area contributed by atoms with Gasteiger partial charge in [-0.05, 0) is 29.7 Å². The van der Waals surface area contributed by atoms with E-state index >= 15 is 0 Å². The van der Waals surface area contributed by atoms with Crippen molar-refractivity contribution in [3.8, 4) is 5.75 Å². The van der Waals surface area contributed by atoms with Gasteiger partial charge in [0.1, 0.15) is 13.6 Å². The van der Waals surface area contributed by atoms with Crippen molar-refractivity contribution in [3.05, 3.63) is 65.2 Å². The molecule has 0 amide bonds. The Morgan fingerprint density at radius 1 is 0.909 bits per heavy atom. The highest BCUT2D eigenvalue weighted by Crippen LogP contribution is 2.32. The van der Waals surface area contributed by atoms with Gasteiger partial charge in [0.25, 0.3) is 0 Å². The Hall–Kier alpha value is -1.70. The minimum absolute atomic E-state index is 0.00815. The zero-order valence-corrected chi connectivity index (χ0v) is 14.4. The summed E-state index contributed by atoms with van der Waals surface area (Å²) in [5.74, 6) is 0.967. The lowest BCUT2D eigenvalue weighted by Gasteiger charge is -2.26. The molecule has 0 heterocycles. The Morgan fingerprint density at radius 2 is 1.45 bits per heavy atom. The zero-order valence-electron chi connectivity index (χ0n) is 14.4. The van der Waals surface area contributed by atoms with E-state index in [1.165, 1.54) is 23.1 Å². The highest BCUT2D eigenvalue weighted by atomic mass is 16.5. The fourth-order valence-corrected chi connectivity index (χ4v) is 2.63. The smallest absolute Gasteiger partial charge is 0.119 e. The number of unbranched alkanes of at least 4 members (excludes halogenated alkanes) is 1. The highest BCUT2D eigenvalue weighted by molar-refractivity contribution is 6.08. The molecule has 0 aromatic heterocycles. The van der Waals surface area contributed by atoms with Gasteiger partial charge in [0, 0.05) is 5.41 Å². The molecule has 0 fully saturated rings. The maximum absolute atomic E-state index is 5.75. The van der Waals surface area contributed by atoms with Crippen molar-refractivity contribution in [2.24, 2.45) is 0 Å². The Labute approximate surface area is 136 Å². The van der Waals surface area contributed by atoms with Crippen molar-refractivity contribution in [3.63, 3.8) is 0 Å². The average Bonchev–Trinajstić information content (AvgIpc) is 2.55. The lowest BCUT2D eigenvalue weighted by Crippen LogP contribution is -2.18. The first-order valence-electron chi connectivity index (χ1n) is 8.40.